The average molecular weight is 235 g/mol. The number of rotatable bonds is 2. The van der Waals surface area contributed by atoms with Gasteiger partial charge in [0.25, 0.3) is 0 Å². The SMILES string of the molecule is CCC1C(=O)N2C(C(=O)[O-])=C(C)S[C@H]12.[Na+]. The Morgan fingerprint density at radius 2 is 2.20 bits per heavy atom. The van der Waals surface area contributed by atoms with E-state index < -0.39 is 5.97 Å². The van der Waals surface area contributed by atoms with E-state index in [-0.39, 0.29) is 52.5 Å². The van der Waals surface area contributed by atoms with Gasteiger partial charge in [-0.3, -0.25) is 9.69 Å². The van der Waals surface area contributed by atoms with Gasteiger partial charge in [0.1, 0.15) is 0 Å². The van der Waals surface area contributed by atoms with Crippen LogP contribution in [0.2, 0.25) is 0 Å². The molecule has 2 aliphatic heterocycles. The molecule has 0 N–H and O–H groups in total. The first-order valence-electron chi connectivity index (χ1n) is 4.49. The van der Waals surface area contributed by atoms with Crippen LogP contribution < -0.4 is 34.7 Å². The molecule has 0 radical (unpaired) electrons. The van der Waals surface area contributed by atoms with Crippen LogP contribution in [0.1, 0.15) is 20.3 Å². The van der Waals surface area contributed by atoms with Crippen molar-refractivity contribution < 1.29 is 44.3 Å². The van der Waals surface area contributed by atoms with Crippen molar-refractivity contribution in [2.45, 2.75) is 25.6 Å². The third-order valence-electron chi connectivity index (χ3n) is 2.66. The Morgan fingerprint density at radius 1 is 1.60 bits per heavy atom. The molecule has 0 saturated carbocycles. The number of carboxylic acids is 1. The first kappa shape index (κ1) is 13.1. The molecule has 15 heavy (non-hydrogen) atoms. The van der Waals surface area contributed by atoms with Gasteiger partial charge in [-0.1, -0.05) is 6.92 Å². The number of aliphatic carboxylic acids is 1. The first-order chi connectivity index (χ1) is 6.57. The van der Waals surface area contributed by atoms with Gasteiger partial charge >= 0.3 is 29.6 Å². The normalized spacial score (nSPS) is 28.4. The minimum atomic E-state index is -1.25. The van der Waals surface area contributed by atoms with Crippen molar-refractivity contribution in [3.63, 3.8) is 0 Å². The van der Waals surface area contributed by atoms with Gasteiger partial charge in [0.2, 0.25) is 5.91 Å². The molecule has 2 rings (SSSR count). The maximum Gasteiger partial charge on any atom is 1.00 e. The second-order valence-electron chi connectivity index (χ2n) is 3.42. The fraction of sp³-hybridized carbons (Fsp3) is 0.556. The number of hydrogen-bond acceptors (Lipinski definition) is 4. The molecule has 2 aliphatic rings. The van der Waals surface area contributed by atoms with E-state index >= 15 is 0 Å². The largest absolute Gasteiger partial charge is 1.00 e. The summed E-state index contributed by atoms with van der Waals surface area (Å²) in [5.74, 6) is -1.35. The summed E-state index contributed by atoms with van der Waals surface area (Å²) < 4.78 is 0. The third-order valence-corrected chi connectivity index (χ3v) is 3.99. The van der Waals surface area contributed by atoms with Gasteiger partial charge < -0.3 is 9.90 Å². The number of nitrogens with zero attached hydrogens (tertiary/aromatic N) is 1. The van der Waals surface area contributed by atoms with Crippen LogP contribution >= 0.6 is 11.8 Å². The van der Waals surface area contributed by atoms with Crippen LogP contribution in [-0.2, 0) is 9.59 Å². The van der Waals surface area contributed by atoms with Crippen LogP contribution in [0, 0.1) is 5.92 Å². The van der Waals surface area contributed by atoms with Gasteiger partial charge in [0.05, 0.1) is 23.0 Å². The molecule has 1 fully saturated rings. The van der Waals surface area contributed by atoms with E-state index in [0.29, 0.717) is 4.91 Å². The standard InChI is InChI=1S/C9H11NO3S.Na/c1-3-5-7(11)10-6(9(12)13)4(2)14-8(5)10;/h5,8H,3H2,1-2H3,(H,12,13);/q;+1/p-1/t5?,8-;/m1./s1. The van der Waals surface area contributed by atoms with Crippen LogP contribution in [-0.4, -0.2) is 22.2 Å². The predicted molar refractivity (Wildman–Crippen MR) is 49.7 cm³/mol. The first-order valence-corrected chi connectivity index (χ1v) is 5.37. The number of amides is 1. The van der Waals surface area contributed by atoms with E-state index in [1.807, 2.05) is 6.92 Å². The number of β-lactam (4-membered cyclic amide) rings is 1. The smallest absolute Gasteiger partial charge is 0.543 e. The molecular formula is C9H10NNaO3S. The number of carbonyl (C=O) groups excluding carboxylic acids is 2. The van der Waals surface area contributed by atoms with Gasteiger partial charge in [-0.15, -0.1) is 11.8 Å². The van der Waals surface area contributed by atoms with Crippen molar-refractivity contribution in [2.75, 3.05) is 0 Å². The zero-order chi connectivity index (χ0) is 10.5. The average Bonchev–Trinajstić information content (AvgIpc) is 2.40. The van der Waals surface area contributed by atoms with Gasteiger partial charge in [-0.25, -0.2) is 0 Å². The number of carbonyl (C=O) groups is 2. The molecule has 0 aromatic rings. The molecule has 0 bridgehead atoms. The van der Waals surface area contributed by atoms with Crippen LogP contribution in [0.3, 0.4) is 0 Å². The summed E-state index contributed by atoms with van der Waals surface area (Å²) in [5, 5.41) is 10.8. The molecule has 4 nitrogen and oxygen atoms in total. The maximum absolute atomic E-state index is 11.5. The Bertz CT molecular complexity index is 355. The van der Waals surface area contributed by atoms with E-state index in [2.05, 4.69) is 0 Å². The third kappa shape index (κ3) is 1.75. The minimum absolute atomic E-state index is 0. The van der Waals surface area contributed by atoms with Crippen molar-refractivity contribution in [1.82, 2.24) is 4.90 Å². The van der Waals surface area contributed by atoms with Crippen molar-refractivity contribution in [1.29, 1.82) is 0 Å². The Balaban J connectivity index is 0.00000112. The van der Waals surface area contributed by atoms with Crippen LogP contribution in [0.4, 0.5) is 0 Å². The molecule has 0 spiro atoms. The molecule has 1 amide bonds. The summed E-state index contributed by atoms with van der Waals surface area (Å²) in [6.45, 7) is 3.65. The minimum Gasteiger partial charge on any atom is -0.543 e. The van der Waals surface area contributed by atoms with Gasteiger partial charge in [-0.2, -0.15) is 0 Å². The van der Waals surface area contributed by atoms with Crippen LogP contribution in [0.5, 0.6) is 0 Å². The second-order valence-corrected chi connectivity index (χ2v) is 4.75. The number of hydrogen-bond donors (Lipinski definition) is 0. The molecule has 76 valence electrons. The monoisotopic (exact) mass is 235 g/mol. The molecule has 1 unspecified atom stereocenters. The quantitative estimate of drug-likeness (QED) is 0.376. The van der Waals surface area contributed by atoms with Gasteiger partial charge in [-0.05, 0) is 13.3 Å². The number of fused-ring (bicyclic) bond motifs is 1. The van der Waals surface area contributed by atoms with E-state index in [9.17, 15) is 14.7 Å². The van der Waals surface area contributed by atoms with Crippen LogP contribution in [0.15, 0.2) is 10.6 Å². The fourth-order valence-corrected chi connectivity index (χ4v) is 3.36. The summed E-state index contributed by atoms with van der Waals surface area (Å²) in [5.41, 5.74) is 0.0645. The molecule has 6 heteroatoms. The van der Waals surface area contributed by atoms with Crippen molar-refractivity contribution in [3.8, 4) is 0 Å². The Kier molecular flexibility index (Phi) is 3.92. The van der Waals surface area contributed by atoms with E-state index in [1.54, 1.807) is 6.92 Å². The summed E-state index contributed by atoms with van der Waals surface area (Å²) in [4.78, 5) is 24.3. The second kappa shape index (κ2) is 4.49. The van der Waals surface area contributed by atoms with Crippen LogP contribution in [0.25, 0.3) is 0 Å². The van der Waals surface area contributed by atoms with Gasteiger partial charge in [0, 0.05) is 4.91 Å². The maximum atomic E-state index is 11.5. The molecule has 0 aromatic carbocycles. The van der Waals surface area contributed by atoms with E-state index in [4.69, 9.17) is 0 Å². The molecule has 0 aromatic heterocycles. The van der Waals surface area contributed by atoms with Crippen molar-refractivity contribution in [2.24, 2.45) is 5.92 Å². The Morgan fingerprint density at radius 3 is 2.67 bits per heavy atom. The molecule has 2 heterocycles. The zero-order valence-corrected chi connectivity index (χ0v) is 11.8. The summed E-state index contributed by atoms with van der Waals surface area (Å²) in [7, 11) is 0. The summed E-state index contributed by atoms with van der Waals surface area (Å²) in [6.07, 6.45) is 0.764. The Labute approximate surface area is 114 Å². The fourth-order valence-electron chi connectivity index (χ4n) is 1.92. The Hall–Kier alpha value is 0.0300. The molecule has 0 aliphatic carbocycles. The van der Waals surface area contributed by atoms with Gasteiger partial charge in [0.15, 0.2) is 0 Å². The number of carboxylic acid groups (broad SMARTS) is 1. The molecular weight excluding hydrogens is 225 g/mol. The van der Waals surface area contributed by atoms with Crippen molar-refractivity contribution >= 4 is 23.6 Å². The summed E-state index contributed by atoms with van der Waals surface area (Å²) in [6, 6.07) is 0. The number of allylic oxidation sites excluding steroid dienone is 1. The summed E-state index contributed by atoms with van der Waals surface area (Å²) >= 11 is 1.45. The topological polar surface area (TPSA) is 60.4 Å². The number of thioether (sulfide) groups is 1. The zero-order valence-electron chi connectivity index (χ0n) is 8.94. The predicted octanol–water partition coefficient (Wildman–Crippen LogP) is -3.09. The van der Waals surface area contributed by atoms with E-state index in [0.717, 1.165) is 6.42 Å². The van der Waals surface area contributed by atoms with E-state index in [1.165, 1.54) is 16.7 Å². The molecule has 1 saturated heterocycles. The van der Waals surface area contributed by atoms with Crippen molar-refractivity contribution in [3.05, 3.63) is 10.6 Å². The molecule has 2 atom stereocenters.